The molecule has 2 aromatic heterocycles. The number of hydrogen-bond donors (Lipinski definition) is 2. The van der Waals surface area contributed by atoms with Gasteiger partial charge in [-0.15, -0.1) is 0 Å². The zero-order valence-corrected chi connectivity index (χ0v) is 18.4. The van der Waals surface area contributed by atoms with Gasteiger partial charge >= 0.3 is 12.0 Å². The second kappa shape index (κ2) is 10.3. The molecule has 2 heterocycles. The second-order valence-electron chi connectivity index (χ2n) is 7.18. The Labute approximate surface area is 195 Å². The molecule has 0 saturated carbocycles. The number of carbonyl (C=O) groups excluding carboxylic acids is 2. The predicted octanol–water partition coefficient (Wildman–Crippen LogP) is 4.09. The molecule has 9 nitrogen and oxygen atoms in total. The molecular formula is C25H22N4O5. The van der Waals surface area contributed by atoms with Gasteiger partial charge in [-0.2, -0.15) is 0 Å². The van der Waals surface area contributed by atoms with E-state index in [0.29, 0.717) is 28.5 Å². The monoisotopic (exact) mass is 458 g/mol. The SMILES string of the molecule is CCOC(=O)c1ccccc1NC(=O)Nc1cccc(OCc2cc(=O)n3ccccc3n2)c1. The minimum absolute atomic E-state index is 0.0865. The third-order valence-electron chi connectivity index (χ3n) is 4.77. The van der Waals surface area contributed by atoms with Crippen LogP contribution in [0.25, 0.3) is 5.65 Å². The van der Waals surface area contributed by atoms with Gasteiger partial charge in [0.25, 0.3) is 5.56 Å². The third-order valence-corrected chi connectivity index (χ3v) is 4.77. The van der Waals surface area contributed by atoms with Crippen LogP contribution in [0, 0.1) is 0 Å². The van der Waals surface area contributed by atoms with Crippen molar-refractivity contribution in [3.63, 3.8) is 0 Å². The highest BCUT2D eigenvalue weighted by atomic mass is 16.5. The number of hydrogen-bond acceptors (Lipinski definition) is 6. The van der Waals surface area contributed by atoms with Gasteiger partial charge in [-0.25, -0.2) is 14.6 Å². The maximum Gasteiger partial charge on any atom is 0.340 e. The highest BCUT2D eigenvalue weighted by Crippen LogP contribution is 2.20. The number of anilines is 2. The lowest BCUT2D eigenvalue weighted by Gasteiger charge is -2.12. The Balaban J connectivity index is 1.41. The zero-order valence-electron chi connectivity index (χ0n) is 18.4. The molecule has 34 heavy (non-hydrogen) atoms. The van der Waals surface area contributed by atoms with E-state index in [-0.39, 0.29) is 24.3 Å². The Morgan fingerprint density at radius 1 is 0.971 bits per heavy atom. The van der Waals surface area contributed by atoms with Crippen LogP contribution in [0.3, 0.4) is 0 Å². The van der Waals surface area contributed by atoms with Crippen molar-refractivity contribution in [3.05, 3.63) is 101 Å². The van der Waals surface area contributed by atoms with E-state index in [1.807, 2.05) is 0 Å². The Hall–Kier alpha value is -4.66. The van der Waals surface area contributed by atoms with E-state index < -0.39 is 12.0 Å². The summed E-state index contributed by atoms with van der Waals surface area (Å²) in [6, 6.07) is 19.6. The summed E-state index contributed by atoms with van der Waals surface area (Å²) in [5.74, 6) is -0.0319. The van der Waals surface area contributed by atoms with Gasteiger partial charge in [0.2, 0.25) is 0 Å². The average molecular weight is 458 g/mol. The van der Waals surface area contributed by atoms with Crippen molar-refractivity contribution in [3.8, 4) is 5.75 Å². The van der Waals surface area contributed by atoms with Gasteiger partial charge in [0.1, 0.15) is 18.0 Å². The molecule has 2 N–H and O–H groups in total. The molecule has 0 aliphatic heterocycles. The number of nitrogens with one attached hydrogen (secondary N) is 2. The molecule has 0 radical (unpaired) electrons. The highest BCUT2D eigenvalue weighted by molar-refractivity contribution is 6.05. The van der Waals surface area contributed by atoms with E-state index >= 15 is 0 Å². The van der Waals surface area contributed by atoms with Crippen LogP contribution in [0.2, 0.25) is 0 Å². The quantitative estimate of drug-likeness (QED) is 0.404. The first-order valence-electron chi connectivity index (χ1n) is 10.6. The Morgan fingerprint density at radius 2 is 1.79 bits per heavy atom. The van der Waals surface area contributed by atoms with Crippen molar-refractivity contribution in [2.75, 3.05) is 17.2 Å². The van der Waals surface area contributed by atoms with Crippen molar-refractivity contribution < 1.29 is 19.1 Å². The summed E-state index contributed by atoms with van der Waals surface area (Å²) in [4.78, 5) is 41.2. The standard InChI is InChI=1S/C25H22N4O5/c1-2-33-24(31)20-10-3-4-11-21(20)28-25(32)27-17-8-7-9-19(14-17)34-16-18-15-23(30)29-13-6-5-12-22(29)26-18/h3-15H,2,16H2,1H3,(H2,27,28,32). The largest absolute Gasteiger partial charge is 0.487 e. The average Bonchev–Trinajstić information content (AvgIpc) is 2.83. The molecule has 0 fully saturated rings. The van der Waals surface area contributed by atoms with Gasteiger partial charge in [-0.05, 0) is 43.3 Å². The summed E-state index contributed by atoms with van der Waals surface area (Å²) in [5, 5.41) is 5.37. The molecule has 0 aliphatic rings. The number of amides is 2. The van der Waals surface area contributed by atoms with Gasteiger partial charge in [0.15, 0.2) is 0 Å². The summed E-state index contributed by atoms with van der Waals surface area (Å²) >= 11 is 0. The molecule has 0 aliphatic carbocycles. The zero-order chi connectivity index (χ0) is 23.9. The molecule has 172 valence electrons. The fraction of sp³-hybridized carbons (Fsp3) is 0.120. The molecule has 2 aromatic carbocycles. The molecule has 0 unspecified atom stereocenters. The van der Waals surface area contributed by atoms with Crippen LogP contribution >= 0.6 is 0 Å². The van der Waals surface area contributed by atoms with E-state index in [9.17, 15) is 14.4 Å². The van der Waals surface area contributed by atoms with Gasteiger partial charge in [-0.1, -0.05) is 24.3 Å². The van der Waals surface area contributed by atoms with Crippen LogP contribution in [-0.2, 0) is 11.3 Å². The van der Waals surface area contributed by atoms with E-state index in [1.165, 1.54) is 10.5 Å². The van der Waals surface area contributed by atoms with E-state index in [2.05, 4.69) is 15.6 Å². The Bertz CT molecular complexity index is 1400. The molecule has 2 amide bonds. The van der Waals surface area contributed by atoms with Crippen LogP contribution in [0.5, 0.6) is 5.75 Å². The van der Waals surface area contributed by atoms with E-state index in [1.54, 1.807) is 79.9 Å². The van der Waals surface area contributed by atoms with Crippen molar-refractivity contribution in [2.45, 2.75) is 13.5 Å². The topological polar surface area (TPSA) is 111 Å². The number of rotatable bonds is 7. The molecule has 4 aromatic rings. The minimum atomic E-state index is -0.530. The van der Waals surface area contributed by atoms with Crippen LogP contribution in [0.4, 0.5) is 16.2 Å². The molecular weight excluding hydrogens is 436 g/mol. The third kappa shape index (κ3) is 5.39. The van der Waals surface area contributed by atoms with Crippen LogP contribution in [-0.4, -0.2) is 28.0 Å². The molecule has 0 spiro atoms. The van der Waals surface area contributed by atoms with Crippen molar-refractivity contribution >= 4 is 29.0 Å². The smallest absolute Gasteiger partial charge is 0.340 e. The number of esters is 1. The molecule has 0 bridgehead atoms. The number of carbonyl (C=O) groups is 2. The number of pyridine rings is 1. The summed E-state index contributed by atoms with van der Waals surface area (Å²) < 4.78 is 12.2. The lowest BCUT2D eigenvalue weighted by molar-refractivity contribution is 0.0527. The van der Waals surface area contributed by atoms with Gasteiger partial charge in [0, 0.05) is 24.0 Å². The summed E-state index contributed by atoms with van der Waals surface area (Å²) in [7, 11) is 0. The number of benzene rings is 2. The fourth-order valence-corrected chi connectivity index (χ4v) is 3.26. The molecule has 4 rings (SSSR count). The minimum Gasteiger partial charge on any atom is -0.487 e. The lowest BCUT2D eigenvalue weighted by Crippen LogP contribution is -2.21. The summed E-state index contributed by atoms with van der Waals surface area (Å²) in [5.41, 5.74) is 1.90. The molecule has 0 atom stereocenters. The molecule has 0 saturated heterocycles. The first-order valence-corrected chi connectivity index (χ1v) is 10.6. The Morgan fingerprint density at radius 3 is 2.65 bits per heavy atom. The fourth-order valence-electron chi connectivity index (χ4n) is 3.26. The second-order valence-corrected chi connectivity index (χ2v) is 7.18. The van der Waals surface area contributed by atoms with Crippen LogP contribution in [0.1, 0.15) is 23.0 Å². The molecule has 9 heteroatoms. The van der Waals surface area contributed by atoms with E-state index in [0.717, 1.165) is 0 Å². The normalized spacial score (nSPS) is 10.5. The van der Waals surface area contributed by atoms with Gasteiger partial charge < -0.3 is 20.1 Å². The van der Waals surface area contributed by atoms with Crippen molar-refractivity contribution in [1.29, 1.82) is 0 Å². The van der Waals surface area contributed by atoms with Crippen molar-refractivity contribution in [1.82, 2.24) is 9.38 Å². The first kappa shape index (κ1) is 22.5. The summed E-state index contributed by atoms with van der Waals surface area (Å²) in [6.07, 6.45) is 1.65. The summed E-state index contributed by atoms with van der Waals surface area (Å²) in [6.45, 7) is 2.03. The van der Waals surface area contributed by atoms with Gasteiger partial charge in [-0.3, -0.25) is 9.20 Å². The number of aromatic nitrogens is 2. The number of nitrogens with zero attached hydrogens (tertiary/aromatic N) is 2. The predicted molar refractivity (Wildman–Crippen MR) is 127 cm³/mol. The number of para-hydroxylation sites is 1. The number of urea groups is 1. The maximum atomic E-state index is 12.5. The van der Waals surface area contributed by atoms with Crippen molar-refractivity contribution in [2.24, 2.45) is 0 Å². The highest BCUT2D eigenvalue weighted by Gasteiger charge is 2.14. The maximum absolute atomic E-state index is 12.5. The van der Waals surface area contributed by atoms with E-state index in [4.69, 9.17) is 9.47 Å². The first-order chi connectivity index (χ1) is 16.5. The van der Waals surface area contributed by atoms with Crippen LogP contribution < -0.4 is 20.9 Å². The Kier molecular flexibility index (Phi) is 6.83. The number of ether oxygens (including phenoxy) is 2. The van der Waals surface area contributed by atoms with Crippen LogP contribution in [0.15, 0.2) is 83.8 Å². The number of fused-ring (bicyclic) bond motifs is 1. The lowest BCUT2D eigenvalue weighted by atomic mass is 10.2. The van der Waals surface area contributed by atoms with Gasteiger partial charge in [0.05, 0.1) is 23.6 Å².